The average molecular weight is 262 g/mol. The van der Waals surface area contributed by atoms with Gasteiger partial charge in [0.25, 0.3) is 0 Å². The number of rotatable bonds is 5. The summed E-state index contributed by atoms with van der Waals surface area (Å²) in [5, 5.41) is 0. The lowest BCUT2D eigenvalue weighted by Crippen LogP contribution is -2.51. The third-order valence-corrected chi connectivity index (χ3v) is 3.83. The molecule has 106 valence electrons. The van der Waals surface area contributed by atoms with Crippen LogP contribution in [-0.2, 0) is 0 Å². The molecule has 4 heteroatoms. The zero-order valence-electron chi connectivity index (χ0n) is 12.1. The van der Waals surface area contributed by atoms with E-state index in [-0.39, 0.29) is 12.1 Å². The Kier molecular flexibility index (Phi) is 5.31. The minimum absolute atomic E-state index is 0.104. The van der Waals surface area contributed by atoms with E-state index in [0.717, 1.165) is 31.9 Å². The number of piperazine rings is 1. The van der Waals surface area contributed by atoms with Crippen molar-refractivity contribution in [3.63, 3.8) is 0 Å². The van der Waals surface area contributed by atoms with Gasteiger partial charge in [0.1, 0.15) is 0 Å². The molecule has 1 aliphatic heterocycles. The summed E-state index contributed by atoms with van der Waals surface area (Å²) in [6.45, 7) is 9.99. The van der Waals surface area contributed by atoms with Gasteiger partial charge >= 0.3 is 0 Å². The van der Waals surface area contributed by atoms with Gasteiger partial charge in [-0.05, 0) is 32.0 Å². The SMILES string of the molecule is CCCN1CCN(C(c2ccccn2)C(C)N)CC1. The molecule has 1 aromatic rings. The van der Waals surface area contributed by atoms with Crippen molar-refractivity contribution in [3.05, 3.63) is 30.1 Å². The van der Waals surface area contributed by atoms with E-state index in [1.165, 1.54) is 13.0 Å². The fourth-order valence-corrected chi connectivity index (χ4v) is 2.92. The Morgan fingerprint density at radius 1 is 1.26 bits per heavy atom. The summed E-state index contributed by atoms with van der Waals surface area (Å²) in [5.74, 6) is 0. The average Bonchev–Trinajstić information content (AvgIpc) is 2.42. The monoisotopic (exact) mass is 262 g/mol. The zero-order valence-corrected chi connectivity index (χ0v) is 12.1. The highest BCUT2D eigenvalue weighted by atomic mass is 15.3. The molecule has 4 nitrogen and oxygen atoms in total. The van der Waals surface area contributed by atoms with Crippen LogP contribution in [0.3, 0.4) is 0 Å². The van der Waals surface area contributed by atoms with Crippen LogP contribution in [0.25, 0.3) is 0 Å². The van der Waals surface area contributed by atoms with Gasteiger partial charge in [-0.2, -0.15) is 0 Å². The maximum Gasteiger partial charge on any atom is 0.0671 e. The molecule has 0 bridgehead atoms. The summed E-state index contributed by atoms with van der Waals surface area (Å²) in [4.78, 5) is 9.52. The quantitative estimate of drug-likeness (QED) is 0.873. The largest absolute Gasteiger partial charge is 0.326 e. The molecule has 2 heterocycles. The van der Waals surface area contributed by atoms with Crippen molar-refractivity contribution in [3.8, 4) is 0 Å². The first kappa shape index (κ1) is 14.4. The van der Waals surface area contributed by atoms with E-state index >= 15 is 0 Å². The Balaban J connectivity index is 2.02. The summed E-state index contributed by atoms with van der Waals surface area (Å²) in [5.41, 5.74) is 7.30. The van der Waals surface area contributed by atoms with Crippen LogP contribution in [0.1, 0.15) is 32.0 Å². The Bertz CT molecular complexity index is 358. The molecule has 2 N–H and O–H groups in total. The first-order chi connectivity index (χ1) is 9.22. The smallest absolute Gasteiger partial charge is 0.0671 e. The fraction of sp³-hybridized carbons (Fsp3) is 0.667. The van der Waals surface area contributed by atoms with Gasteiger partial charge in [0, 0.05) is 38.4 Å². The van der Waals surface area contributed by atoms with Crippen LogP contribution >= 0.6 is 0 Å². The van der Waals surface area contributed by atoms with E-state index in [0.29, 0.717) is 0 Å². The minimum Gasteiger partial charge on any atom is -0.326 e. The summed E-state index contributed by atoms with van der Waals surface area (Å²) in [6, 6.07) is 6.44. The molecule has 2 rings (SSSR count). The molecule has 19 heavy (non-hydrogen) atoms. The summed E-state index contributed by atoms with van der Waals surface area (Å²) in [6.07, 6.45) is 3.09. The second kappa shape index (κ2) is 6.98. The lowest BCUT2D eigenvalue weighted by Gasteiger charge is -2.40. The third-order valence-electron chi connectivity index (χ3n) is 3.83. The second-order valence-electron chi connectivity index (χ2n) is 5.44. The lowest BCUT2D eigenvalue weighted by atomic mass is 10.0. The number of hydrogen-bond acceptors (Lipinski definition) is 4. The van der Waals surface area contributed by atoms with Crippen molar-refractivity contribution in [1.82, 2.24) is 14.8 Å². The summed E-state index contributed by atoms with van der Waals surface area (Å²) in [7, 11) is 0. The van der Waals surface area contributed by atoms with Crippen molar-refractivity contribution in [2.45, 2.75) is 32.4 Å². The molecular formula is C15H26N4. The van der Waals surface area contributed by atoms with E-state index in [1.807, 2.05) is 18.3 Å². The molecule has 0 amide bonds. The van der Waals surface area contributed by atoms with E-state index in [2.05, 4.69) is 34.7 Å². The number of hydrogen-bond donors (Lipinski definition) is 1. The molecule has 0 radical (unpaired) electrons. The van der Waals surface area contributed by atoms with Gasteiger partial charge in [-0.1, -0.05) is 13.0 Å². The van der Waals surface area contributed by atoms with Crippen LogP contribution in [-0.4, -0.2) is 53.5 Å². The van der Waals surface area contributed by atoms with E-state index in [9.17, 15) is 0 Å². The van der Waals surface area contributed by atoms with Gasteiger partial charge in [-0.15, -0.1) is 0 Å². The molecule has 1 fully saturated rings. The van der Waals surface area contributed by atoms with Crippen LogP contribution in [0.5, 0.6) is 0 Å². The van der Waals surface area contributed by atoms with Crippen molar-refractivity contribution < 1.29 is 0 Å². The maximum atomic E-state index is 6.20. The molecule has 1 saturated heterocycles. The molecule has 2 unspecified atom stereocenters. The molecule has 1 aromatic heterocycles. The molecule has 0 aliphatic carbocycles. The molecule has 2 atom stereocenters. The number of pyridine rings is 1. The summed E-state index contributed by atoms with van der Waals surface area (Å²) >= 11 is 0. The maximum absolute atomic E-state index is 6.20. The van der Waals surface area contributed by atoms with Crippen molar-refractivity contribution in [1.29, 1.82) is 0 Å². The molecular weight excluding hydrogens is 236 g/mol. The van der Waals surface area contributed by atoms with Crippen LogP contribution < -0.4 is 5.73 Å². The Labute approximate surface area is 116 Å². The van der Waals surface area contributed by atoms with Gasteiger partial charge in [0.15, 0.2) is 0 Å². The van der Waals surface area contributed by atoms with Gasteiger partial charge < -0.3 is 10.6 Å². The Morgan fingerprint density at radius 3 is 2.53 bits per heavy atom. The van der Waals surface area contributed by atoms with Crippen molar-refractivity contribution in [2.75, 3.05) is 32.7 Å². The van der Waals surface area contributed by atoms with Crippen LogP contribution in [0.15, 0.2) is 24.4 Å². The summed E-state index contributed by atoms with van der Waals surface area (Å²) < 4.78 is 0. The third kappa shape index (κ3) is 3.75. The number of nitrogens with zero attached hydrogens (tertiary/aromatic N) is 3. The topological polar surface area (TPSA) is 45.4 Å². The van der Waals surface area contributed by atoms with Crippen molar-refractivity contribution >= 4 is 0 Å². The normalized spacial score (nSPS) is 21.2. The van der Waals surface area contributed by atoms with E-state index in [4.69, 9.17) is 5.73 Å². The molecule has 1 aliphatic rings. The zero-order chi connectivity index (χ0) is 13.7. The van der Waals surface area contributed by atoms with E-state index < -0.39 is 0 Å². The fourth-order valence-electron chi connectivity index (χ4n) is 2.92. The predicted octanol–water partition coefficient (Wildman–Crippen LogP) is 1.50. The highest BCUT2D eigenvalue weighted by Gasteiger charge is 2.28. The van der Waals surface area contributed by atoms with Gasteiger partial charge in [0.2, 0.25) is 0 Å². The van der Waals surface area contributed by atoms with E-state index in [1.54, 1.807) is 0 Å². The Morgan fingerprint density at radius 2 is 2.00 bits per heavy atom. The first-order valence-electron chi connectivity index (χ1n) is 7.35. The molecule has 0 aromatic carbocycles. The molecule has 0 spiro atoms. The Hall–Kier alpha value is -0.970. The van der Waals surface area contributed by atoms with Gasteiger partial charge in [-0.3, -0.25) is 9.88 Å². The predicted molar refractivity (Wildman–Crippen MR) is 78.9 cm³/mol. The first-order valence-corrected chi connectivity index (χ1v) is 7.35. The van der Waals surface area contributed by atoms with Gasteiger partial charge in [-0.25, -0.2) is 0 Å². The van der Waals surface area contributed by atoms with Crippen LogP contribution in [0.4, 0.5) is 0 Å². The second-order valence-corrected chi connectivity index (χ2v) is 5.44. The van der Waals surface area contributed by atoms with Gasteiger partial charge in [0.05, 0.1) is 11.7 Å². The highest BCUT2D eigenvalue weighted by Crippen LogP contribution is 2.23. The van der Waals surface area contributed by atoms with Crippen molar-refractivity contribution in [2.24, 2.45) is 5.73 Å². The van der Waals surface area contributed by atoms with Crippen LogP contribution in [0.2, 0.25) is 0 Å². The number of aromatic nitrogens is 1. The minimum atomic E-state index is 0.104. The standard InChI is InChI=1S/C15H26N4/c1-3-8-18-9-11-19(12-10-18)15(13(2)16)14-6-4-5-7-17-14/h4-7,13,15H,3,8-12,16H2,1-2H3. The van der Waals surface area contributed by atoms with Crippen LogP contribution in [0, 0.1) is 0 Å². The highest BCUT2D eigenvalue weighted by molar-refractivity contribution is 5.11. The number of nitrogens with two attached hydrogens (primary N) is 1. The molecule has 0 saturated carbocycles. The lowest BCUT2D eigenvalue weighted by molar-refractivity contribution is 0.0851.